The van der Waals surface area contributed by atoms with Crippen LogP contribution >= 0.6 is 0 Å². The first-order chi connectivity index (χ1) is 26.0. The number of hydrogen-bond acceptors (Lipinski definition) is 11. The maximum atomic E-state index is 12.7. The SMILES string of the molecule is C/C=C/C=C/C=C/C=C/C=C/C=C/CCC(=O)O[C@H](COC(=O)CCCCCCC/C=C/CCC/C=C/C)COC1O[C@H](CS(=O)(=O)O)[C@@H](O)[C@H](O)[C@H]1O. The Kier molecular flexibility index (Phi) is 27.8. The van der Waals surface area contributed by atoms with Gasteiger partial charge in [0.25, 0.3) is 10.1 Å². The lowest BCUT2D eigenvalue weighted by Crippen LogP contribution is -2.60. The summed E-state index contributed by atoms with van der Waals surface area (Å²) < 4.78 is 53.7. The van der Waals surface area contributed by atoms with Gasteiger partial charge in [-0.15, -0.1) is 0 Å². The molecule has 4 N–H and O–H groups in total. The van der Waals surface area contributed by atoms with Gasteiger partial charge < -0.3 is 34.3 Å². The van der Waals surface area contributed by atoms with Crippen LogP contribution in [0.15, 0.2) is 97.2 Å². The van der Waals surface area contributed by atoms with Crippen LogP contribution in [-0.2, 0) is 38.7 Å². The zero-order valence-corrected chi connectivity index (χ0v) is 32.6. The second-order valence-corrected chi connectivity index (χ2v) is 14.2. The van der Waals surface area contributed by atoms with E-state index in [9.17, 15) is 37.9 Å². The van der Waals surface area contributed by atoms with Crippen LogP contribution in [0.5, 0.6) is 0 Å². The Morgan fingerprint density at radius 3 is 1.87 bits per heavy atom. The number of unbranched alkanes of at least 4 members (excludes halogenated alkanes) is 7. The molecule has 304 valence electrons. The van der Waals surface area contributed by atoms with Gasteiger partial charge in [-0.3, -0.25) is 14.1 Å². The fraction of sp³-hybridized carbons (Fsp3) is 0.561. The molecule has 1 unspecified atom stereocenters. The third kappa shape index (κ3) is 25.6. The molecule has 0 aromatic rings. The number of esters is 2. The molecule has 0 aromatic carbocycles. The van der Waals surface area contributed by atoms with E-state index in [0.29, 0.717) is 12.8 Å². The second-order valence-electron chi connectivity index (χ2n) is 12.7. The normalized spacial score (nSPS) is 22.1. The molecule has 54 heavy (non-hydrogen) atoms. The summed E-state index contributed by atoms with van der Waals surface area (Å²) in [6.45, 7) is 3.15. The fourth-order valence-electron chi connectivity index (χ4n) is 5.04. The molecule has 1 saturated heterocycles. The average molecular weight is 779 g/mol. The molecule has 1 aliphatic heterocycles. The largest absolute Gasteiger partial charge is 0.462 e. The van der Waals surface area contributed by atoms with E-state index in [1.165, 1.54) is 0 Å². The Morgan fingerprint density at radius 1 is 0.630 bits per heavy atom. The number of rotatable bonds is 28. The van der Waals surface area contributed by atoms with Crippen molar-refractivity contribution < 1.29 is 56.8 Å². The van der Waals surface area contributed by atoms with E-state index in [2.05, 4.69) is 24.3 Å². The van der Waals surface area contributed by atoms with Crippen molar-refractivity contribution in [3.05, 3.63) is 97.2 Å². The van der Waals surface area contributed by atoms with Crippen molar-refractivity contribution in [2.75, 3.05) is 19.0 Å². The van der Waals surface area contributed by atoms with Crippen LogP contribution in [0.2, 0.25) is 0 Å². The fourth-order valence-corrected chi connectivity index (χ4v) is 5.73. The van der Waals surface area contributed by atoms with Gasteiger partial charge in [0.15, 0.2) is 12.4 Å². The third-order valence-corrected chi connectivity index (χ3v) is 8.71. The Hall–Kier alpha value is -3.43. The molecule has 1 aliphatic rings. The minimum atomic E-state index is -4.62. The van der Waals surface area contributed by atoms with E-state index in [1.54, 1.807) is 12.2 Å². The van der Waals surface area contributed by atoms with E-state index >= 15 is 0 Å². The minimum absolute atomic E-state index is 0.00213. The Labute approximate surface area is 322 Å². The third-order valence-electron chi connectivity index (χ3n) is 7.96. The minimum Gasteiger partial charge on any atom is -0.462 e. The van der Waals surface area contributed by atoms with Gasteiger partial charge in [0, 0.05) is 12.8 Å². The summed E-state index contributed by atoms with van der Waals surface area (Å²) in [6.07, 6.45) is 30.8. The number of ether oxygens (including phenoxy) is 4. The molecular weight excluding hydrogens is 717 g/mol. The summed E-state index contributed by atoms with van der Waals surface area (Å²) in [5.41, 5.74) is 0. The van der Waals surface area contributed by atoms with Crippen molar-refractivity contribution in [1.29, 1.82) is 0 Å². The molecule has 0 spiro atoms. The molecule has 0 amide bonds. The lowest BCUT2D eigenvalue weighted by Gasteiger charge is -2.40. The Balaban J connectivity index is 2.62. The quantitative estimate of drug-likeness (QED) is 0.0228. The van der Waals surface area contributed by atoms with Crippen molar-refractivity contribution >= 4 is 22.1 Å². The molecule has 0 bridgehead atoms. The second kappa shape index (κ2) is 30.8. The van der Waals surface area contributed by atoms with E-state index in [4.69, 9.17) is 18.9 Å². The first-order valence-electron chi connectivity index (χ1n) is 18.8. The summed E-state index contributed by atoms with van der Waals surface area (Å²) in [6, 6.07) is 0. The highest BCUT2D eigenvalue weighted by molar-refractivity contribution is 7.85. The van der Waals surface area contributed by atoms with Crippen LogP contribution in [0, 0.1) is 0 Å². The van der Waals surface area contributed by atoms with Gasteiger partial charge in [-0.25, -0.2) is 0 Å². The molecule has 1 rings (SSSR count). The van der Waals surface area contributed by atoms with Gasteiger partial charge >= 0.3 is 11.9 Å². The molecule has 13 heteroatoms. The van der Waals surface area contributed by atoms with Crippen molar-refractivity contribution in [1.82, 2.24) is 0 Å². The molecular formula is C41H62O12S. The summed E-state index contributed by atoms with van der Waals surface area (Å²) in [5, 5.41) is 30.7. The van der Waals surface area contributed by atoms with Gasteiger partial charge in [-0.05, 0) is 58.8 Å². The van der Waals surface area contributed by atoms with Gasteiger partial charge in [0.2, 0.25) is 0 Å². The molecule has 0 aromatic heterocycles. The van der Waals surface area contributed by atoms with Crippen LogP contribution in [-0.4, -0.2) is 96.0 Å². The number of aliphatic hydroxyl groups is 3. The lowest BCUT2D eigenvalue weighted by molar-refractivity contribution is -0.297. The number of aliphatic hydroxyl groups excluding tert-OH is 3. The number of allylic oxidation sites excluding steroid dienone is 16. The first kappa shape index (κ1) is 48.6. The predicted octanol–water partition coefficient (Wildman–Crippen LogP) is 6.32. The van der Waals surface area contributed by atoms with Crippen molar-refractivity contribution in [2.24, 2.45) is 0 Å². The predicted molar refractivity (Wildman–Crippen MR) is 210 cm³/mol. The standard InChI is InChI=1S/C41H62O12S/c1-3-5-7-9-11-13-15-17-19-21-23-25-27-29-36(42)50-31-34(32-51-41-40(46)39(45)38(44)35(53-41)33-54(47,48)49)52-37(43)30-28-26-24-22-20-18-16-14-12-10-8-6-4-2/h3-6,8,10,12-16,18,20,22,24,26,34-35,38-41,44-46H,7,9,11,17,19,21,23,25,27-33H2,1-2H3,(H,47,48,49)/b5-3+,6-4+,10-8+,14-12+,15-13+,18-16+,22-20+,26-24+/t34-,35-,38-,39+,40-,41?/m1/s1. The van der Waals surface area contributed by atoms with Crippen LogP contribution in [0.3, 0.4) is 0 Å². The molecule has 1 fully saturated rings. The Bertz CT molecular complexity index is 1380. The molecule has 0 radical (unpaired) electrons. The smallest absolute Gasteiger partial charge is 0.306 e. The van der Waals surface area contributed by atoms with E-state index in [0.717, 1.165) is 51.4 Å². The van der Waals surface area contributed by atoms with E-state index < -0.39 is 71.2 Å². The maximum absolute atomic E-state index is 12.7. The van der Waals surface area contributed by atoms with Crippen molar-refractivity contribution in [3.8, 4) is 0 Å². The average Bonchev–Trinajstić information content (AvgIpc) is 3.13. The van der Waals surface area contributed by atoms with E-state index in [-0.39, 0.29) is 19.4 Å². The Morgan fingerprint density at radius 2 is 1.22 bits per heavy atom. The highest BCUT2D eigenvalue weighted by Crippen LogP contribution is 2.23. The van der Waals surface area contributed by atoms with Crippen molar-refractivity contribution in [2.45, 2.75) is 128 Å². The first-order valence-corrected chi connectivity index (χ1v) is 20.4. The number of carbonyl (C=O) groups excluding carboxylic acids is 2. The summed E-state index contributed by atoms with van der Waals surface area (Å²) in [5.74, 6) is -2.16. The topological polar surface area (TPSA) is 186 Å². The summed E-state index contributed by atoms with van der Waals surface area (Å²) >= 11 is 0. The highest BCUT2D eigenvalue weighted by atomic mass is 32.2. The molecule has 6 atom stereocenters. The van der Waals surface area contributed by atoms with Gasteiger partial charge in [-0.2, -0.15) is 8.42 Å². The molecule has 1 heterocycles. The zero-order chi connectivity index (χ0) is 39.9. The van der Waals surface area contributed by atoms with Crippen LogP contribution in [0.1, 0.15) is 90.9 Å². The summed E-state index contributed by atoms with van der Waals surface area (Å²) in [4.78, 5) is 25.2. The molecule has 0 aliphatic carbocycles. The van der Waals surface area contributed by atoms with Gasteiger partial charge in [-0.1, -0.05) is 116 Å². The molecule has 12 nitrogen and oxygen atoms in total. The maximum Gasteiger partial charge on any atom is 0.306 e. The number of carbonyl (C=O) groups is 2. The highest BCUT2D eigenvalue weighted by Gasteiger charge is 2.46. The van der Waals surface area contributed by atoms with Crippen LogP contribution in [0.4, 0.5) is 0 Å². The van der Waals surface area contributed by atoms with Gasteiger partial charge in [0.05, 0.1) is 6.61 Å². The summed E-state index contributed by atoms with van der Waals surface area (Å²) in [7, 11) is -4.62. The van der Waals surface area contributed by atoms with Gasteiger partial charge in [0.1, 0.15) is 36.8 Å². The zero-order valence-electron chi connectivity index (χ0n) is 31.8. The lowest BCUT2D eigenvalue weighted by atomic mass is 10.00. The van der Waals surface area contributed by atoms with Crippen molar-refractivity contribution in [3.63, 3.8) is 0 Å². The van der Waals surface area contributed by atoms with Crippen LogP contribution in [0.25, 0.3) is 0 Å². The van der Waals surface area contributed by atoms with E-state index in [1.807, 2.05) is 74.6 Å². The number of hydrogen-bond donors (Lipinski definition) is 4. The van der Waals surface area contributed by atoms with Crippen LogP contribution < -0.4 is 0 Å². The molecule has 0 saturated carbocycles. The monoisotopic (exact) mass is 778 g/mol.